The van der Waals surface area contributed by atoms with Crippen molar-refractivity contribution in [2.75, 3.05) is 29.0 Å². The van der Waals surface area contributed by atoms with E-state index in [0.29, 0.717) is 68.5 Å². The molecule has 10 N–H and O–H groups in total. The van der Waals surface area contributed by atoms with Crippen LogP contribution in [0.3, 0.4) is 0 Å². The number of benzene rings is 6. The molecular formula is C70H70Cl2F2N10O6. The number of pyridine rings is 2. The minimum absolute atomic E-state index is 0.0668. The number of rotatable bonds is 18. The number of nitrogens with one attached hydrogen (secondary N) is 4. The normalized spacial score (nSPS) is 20.5. The number of aromatic nitrogens is 2. The molecule has 2 aliphatic carbocycles. The third kappa shape index (κ3) is 15.9. The van der Waals surface area contributed by atoms with Crippen LogP contribution >= 0.6 is 23.2 Å². The molecule has 4 fully saturated rings. The van der Waals surface area contributed by atoms with Gasteiger partial charge in [-0.15, -0.1) is 0 Å². The van der Waals surface area contributed by atoms with Crippen LogP contribution in [0.5, 0.6) is 0 Å². The van der Waals surface area contributed by atoms with Crippen LogP contribution in [0.4, 0.5) is 36.3 Å². The summed E-state index contributed by atoms with van der Waals surface area (Å²) in [5.41, 5.74) is 14.5. The van der Waals surface area contributed by atoms with Crippen molar-refractivity contribution in [2.24, 2.45) is 28.3 Å². The predicted octanol–water partition coefficient (Wildman–Crippen LogP) is 12.5. The smallest absolute Gasteiger partial charge is 0.322 e. The summed E-state index contributed by atoms with van der Waals surface area (Å²) in [5, 5.41) is 35.1. The number of amides is 4. The van der Waals surface area contributed by atoms with E-state index in [1.54, 1.807) is 109 Å². The molecular weight excluding hydrogens is 1190 g/mol. The number of isocyanates is 1. The molecule has 4 amide bonds. The van der Waals surface area contributed by atoms with Crippen LogP contribution < -0.4 is 32.7 Å². The van der Waals surface area contributed by atoms with E-state index in [9.17, 15) is 33.8 Å². The van der Waals surface area contributed by atoms with Gasteiger partial charge >= 0.3 is 6.03 Å². The Morgan fingerprint density at radius 2 is 1.10 bits per heavy atom. The highest BCUT2D eigenvalue weighted by molar-refractivity contribution is 6.31. The molecule has 0 spiro atoms. The van der Waals surface area contributed by atoms with Gasteiger partial charge in [-0.2, -0.15) is 4.99 Å². The average Bonchev–Trinajstić information content (AvgIpc) is 1.58. The molecule has 90 heavy (non-hydrogen) atoms. The molecule has 2 saturated heterocycles. The second-order valence-corrected chi connectivity index (χ2v) is 24.5. The van der Waals surface area contributed by atoms with Gasteiger partial charge in [0.15, 0.2) is 0 Å². The number of urea groups is 1. The maximum atomic E-state index is 15.3. The van der Waals surface area contributed by atoms with Crippen LogP contribution in [0, 0.1) is 23.5 Å². The number of β-amino-alcohol motifs (C(OH)–C–C–N with tert-alkyl or cyclic N) is 2. The highest BCUT2D eigenvalue weighted by Crippen LogP contribution is 2.43. The Labute approximate surface area is 531 Å². The van der Waals surface area contributed by atoms with Crippen molar-refractivity contribution in [3.8, 4) is 0 Å². The van der Waals surface area contributed by atoms with Crippen LogP contribution in [-0.4, -0.2) is 74.2 Å². The van der Waals surface area contributed by atoms with Crippen molar-refractivity contribution in [3.63, 3.8) is 0 Å². The number of carbonyl (C=O) groups is 3. The molecule has 2 saturated carbocycles. The van der Waals surface area contributed by atoms with Gasteiger partial charge in [0, 0.05) is 47.5 Å². The number of carbonyl (C=O) groups excluding carboxylic acids is 4. The first-order valence-corrected chi connectivity index (χ1v) is 30.7. The van der Waals surface area contributed by atoms with Crippen molar-refractivity contribution in [1.82, 2.24) is 20.2 Å². The minimum Gasteiger partial charge on any atom is -0.384 e. The SMILES string of the molecule is NC(CCC1CC1)(c1ccc(F)c(NC(=O)[C@H]2C[C@](O)(c3ccccc3)CN2)c1)c1ccccn1.NC(CCC1CC1)(c1ccc(F)c(NC(=O)[C@H]2C[C@](O)(c3ccccc3)CN2C(=O)Nc2ccc(Cl)cc2)c1)c1ccccn1.O=C=Nc1ccc(Cl)cc1. The van der Waals surface area contributed by atoms with Crippen molar-refractivity contribution >= 4 is 69.9 Å². The van der Waals surface area contributed by atoms with Crippen LogP contribution in [-0.2, 0) is 36.7 Å². The molecule has 2 aliphatic heterocycles. The molecule has 4 aliphatic rings. The zero-order chi connectivity index (χ0) is 63.5. The molecule has 16 nitrogen and oxygen atoms in total. The third-order valence-electron chi connectivity index (χ3n) is 17.1. The summed E-state index contributed by atoms with van der Waals surface area (Å²) in [7, 11) is 0. The molecule has 0 radical (unpaired) electrons. The van der Waals surface area contributed by atoms with E-state index >= 15 is 4.39 Å². The standard InChI is InChI=1S/C35H35ClFN5O3.C28H31FN4O2.C7H4ClNO/c36-26-12-14-27(15-13-26)40-33(44)42-22-34(45,24-6-2-1-3-7-24)21-30(42)32(43)41-29-20-25(11-16-28(29)37)35(38,18-17-23-9-10-23)31-8-4-5-19-39-31;29-22-12-11-21(28(30,14-13-19-9-10-19)25-8-4-5-15-31-25)16-23(22)33-26(34)24-17-27(35,18-32-24)20-6-2-1-3-7-20;8-6-1-3-7(4-2-6)9-5-10/h1-8,11-16,19-20,23,30,45H,9-10,17-18,21-22,38H2,(H,40,44)(H,41,43);1-8,11-12,15-16,19,24,32,35H,9-10,13-14,17-18,30H2,(H,33,34);1-4H/t30-,34-,35?;24-,27-,28?;/m11./s1. The van der Waals surface area contributed by atoms with Crippen LogP contribution in [0.15, 0.2) is 199 Å². The topological polar surface area (TPSA) is 250 Å². The van der Waals surface area contributed by atoms with Crippen molar-refractivity contribution < 1.29 is 38.2 Å². The van der Waals surface area contributed by atoms with Crippen molar-refractivity contribution in [3.05, 3.63) is 250 Å². The molecule has 6 aromatic carbocycles. The van der Waals surface area contributed by atoms with Gasteiger partial charge in [0.05, 0.1) is 52.1 Å². The average molecular weight is 1260 g/mol. The minimum atomic E-state index is -1.50. The molecule has 20 heteroatoms. The van der Waals surface area contributed by atoms with Crippen LogP contribution in [0.2, 0.25) is 10.0 Å². The second-order valence-electron chi connectivity index (χ2n) is 23.6. The van der Waals surface area contributed by atoms with E-state index in [-0.39, 0.29) is 37.3 Å². The number of nitrogens with zero attached hydrogens (tertiary/aromatic N) is 4. The predicted molar refractivity (Wildman–Crippen MR) is 344 cm³/mol. The van der Waals surface area contributed by atoms with Gasteiger partial charge in [0.1, 0.15) is 28.9 Å². The van der Waals surface area contributed by atoms with Gasteiger partial charge in [-0.1, -0.05) is 134 Å². The summed E-state index contributed by atoms with van der Waals surface area (Å²) >= 11 is 11.6. The maximum Gasteiger partial charge on any atom is 0.322 e. The second kappa shape index (κ2) is 28.5. The van der Waals surface area contributed by atoms with Gasteiger partial charge in [-0.05, 0) is 157 Å². The molecule has 2 aromatic heterocycles. The lowest BCUT2D eigenvalue weighted by Crippen LogP contribution is -2.45. The van der Waals surface area contributed by atoms with Crippen molar-refractivity contribution in [2.45, 2.75) is 98.6 Å². The fourth-order valence-electron chi connectivity index (χ4n) is 11.5. The van der Waals surface area contributed by atoms with Gasteiger partial charge < -0.3 is 47.8 Å². The van der Waals surface area contributed by atoms with Gasteiger partial charge in [0.2, 0.25) is 17.9 Å². The number of nitrogens with two attached hydrogens (primary N) is 2. The molecule has 6 atom stereocenters. The van der Waals surface area contributed by atoms with Crippen molar-refractivity contribution in [1.29, 1.82) is 0 Å². The van der Waals surface area contributed by atoms with E-state index in [1.807, 2.05) is 72.8 Å². The molecule has 8 aromatic rings. The number of hydrogen-bond acceptors (Lipinski definition) is 12. The zero-order valence-electron chi connectivity index (χ0n) is 49.3. The number of anilines is 3. The monoisotopic (exact) mass is 1250 g/mol. The first-order chi connectivity index (χ1) is 43.3. The van der Waals surface area contributed by atoms with Gasteiger partial charge in [-0.3, -0.25) is 19.6 Å². The Bertz CT molecular complexity index is 3820. The van der Waals surface area contributed by atoms with Gasteiger partial charge in [0.25, 0.3) is 0 Å². The van der Waals surface area contributed by atoms with E-state index in [1.165, 1.54) is 48.8 Å². The zero-order valence-corrected chi connectivity index (χ0v) is 50.8. The van der Waals surface area contributed by atoms with Crippen LogP contribution in [0.25, 0.3) is 0 Å². The number of halogens is 4. The summed E-state index contributed by atoms with van der Waals surface area (Å²) in [6.07, 6.45) is 12.9. The lowest BCUT2D eigenvalue weighted by Gasteiger charge is -2.30. The Kier molecular flexibility index (Phi) is 20.4. The largest absolute Gasteiger partial charge is 0.384 e. The fraction of sp³-hybridized carbons (Fsp3) is 0.286. The lowest BCUT2D eigenvalue weighted by molar-refractivity contribution is -0.120. The third-order valence-corrected chi connectivity index (χ3v) is 17.6. The molecule has 2 unspecified atom stereocenters. The van der Waals surface area contributed by atoms with E-state index in [2.05, 4.69) is 36.2 Å². The maximum absolute atomic E-state index is 15.3. The molecule has 4 heterocycles. The Hall–Kier alpha value is -8.55. The Morgan fingerprint density at radius 1 is 0.622 bits per heavy atom. The highest BCUT2D eigenvalue weighted by atomic mass is 35.5. The lowest BCUT2D eigenvalue weighted by atomic mass is 9.82. The van der Waals surface area contributed by atoms with Crippen LogP contribution in [0.1, 0.15) is 97.8 Å². The summed E-state index contributed by atoms with van der Waals surface area (Å²) in [6.45, 7) is 0.0914. The summed E-state index contributed by atoms with van der Waals surface area (Å²) < 4.78 is 30.1. The number of likely N-dealkylation sites (tertiary alicyclic amines) is 1. The highest BCUT2D eigenvalue weighted by Gasteiger charge is 2.49. The summed E-state index contributed by atoms with van der Waals surface area (Å²) in [4.78, 5) is 63.9. The summed E-state index contributed by atoms with van der Waals surface area (Å²) in [6, 6.07) is 49.2. The number of hydrogen-bond donors (Lipinski definition) is 8. The number of aliphatic hydroxyl groups is 2. The summed E-state index contributed by atoms with van der Waals surface area (Å²) in [5.74, 6) is -0.922. The number of aliphatic imine (C=N–C) groups is 1. The fourth-order valence-corrected chi connectivity index (χ4v) is 11.8. The molecule has 0 bridgehead atoms. The molecule has 464 valence electrons. The van der Waals surface area contributed by atoms with E-state index < -0.39 is 63.8 Å². The van der Waals surface area contributed by atoms with Gasteiger partial charge in [-0.25, -0.2) is 18.4 Å². The Morgan fingerprint density at radius 3 is 1.58 bits per heavy atom. The Balaban J connectivity index is 0.000000175. The first-order valence-electron chi connectivity index (χ1n) is 29.9. The first kappa shape index (κ1) is 64.4. The molecule has 12 rings (SSSR count). The quantitative estimate of drug-likeness (QED) is 0.0296. The van der Waals surface area contributed by atoms with E-state index in [4.69, 9.17) is 34.7 Å². The van der Waals surface area contributed by atoms with E-state index in [0.717, 1.165) is 24.1 Å².